The molecule has 7 heteroatoms. The zero-order chi connectivity index (χ0) is 21.1. The van der Waals surface area contributed by atoms with Gasteiger partial charge in [-0.05, 0) is 50.1 Å². The predicted molar refractivity (Wildman–Crippen MR) is 110 cm³/mol. The summed E-state index contributed by atoms with van der Waals surface area (Å²) in [5, 5.41) is 18.7. The molecule has 1 aromatic rings. The van der Waals surface area contributed by atoms with Crippen LogP contribution in [0.4, 0.5) is 0 Å². The first-order valence-electron chi connectivity index (χ1n) is 10.1. The number of aromatic hydroxyl groups is 1. The van der Waals surface area contributed by atoms with Crippen molar-refractivity contribution in [2.24, 2.45) is 0 Å². The Labute approximate surface area is 172 Å². The molecule has 0 spiro atoms. The zero-order valence-electron chi connectivity index (χ0n) is 17.0. The molecule has 29 heavy (non-hydrogen) atoms. The van der Waals surface area contributed by atoms with Crippen molar-refractivity contribution in [1.29, 1.82) is 5.26 Å². The number of phenolic OH excluding ortho intramolecular Hbond substituents is 1. The summed E-state index contributed by atoms with van der Waals surface area (Å²) in [6.07, 6.45) is 4.85. The van der Waals surface area contributed by atoms with Crippen molar-refractivity contribution in [1.82, 2.24) is 9.80 Å². The Hall–Kier alpha value is -2.85. The maximum atomic E-state index is 12.6. The summed E-state index contributed by atoms with van der Waals surface area (Å²) in [5.74, 6) is -0.244. The number of nitriles is 1. The number of hydrogen-bond acceptors (Lipinski definition) is 6. The van der Waals surface area contributed by atoms with Gasteiger partial charge in [0.2, 0.25) is 0 Å². The number of amides is 1. The molecular weight excluding hydrogens is 370 g/mol. The van der Waals surface area contributed by atoms with Gasteiger partial charge in [0.25, 0.3) is 5.91 Å². The van der Waals surface area contributed by atoms with E-state index in [0.29, 0.717) is 31.7 Å². The normalized spacial score (nSPS) is 15.0. The Morgan fingerprint density at radius 3 is 2.45 bits per heavy atom. The average Bonchev–Trinajstić information content (AvgIpc) is 2.73. The van der Waals surface area contributed by atoms with Crippen LogP contribution < -0.4 is 0 Å². The number of unbranched alkanes of at least 4 members (excludes halogenated alkanes) is 2. The van der Waals surface area contributed by atoms with Crippen LogP contribution in [0.25, 0.3) is 6.08 Å². The highest BCUT2D eigenvalue weighted by Gasteiger charge is 2.23. The fourth-order valence-electron chi connectivity index (χ4n) is 3.24. The van der Waals surface area contributed by atoms with Crippen LogP contribution in [0.15, 0.2) is 29.8 Å². The van der Waals surface area contributed by atoms with E-state index in [1.165, 1.54) is 12.1 Å². The average molecular weight is 399 g/mol. The first kappa shape index (κ1) is 22.4. The minimum Gasteiger partial charge on any atom is -0.508 e. The maximum absolute atomic E-state index is 12.6. The Bertz CT molecular complexity index is 744. The lowest BCUT2D eigenvalue weighted by Gasteiger charge is -2.34. The lowest BCUT2D eigenvalue weighted by atomic mass is 10.1. The van der Waals surface area contributed by atoms with Crippen molar-refractivity contribution in [3.8, 4) is 11.8 Å². The lowest BCUT2D eigenvalue weighted by molar-refractivity contribution is -0.143. The van der Waals surface area contributed by atoms with Crippen molar-refractivity contribution >= 4 is 18.0 Å². The quantitative estimate of drug-likeness (QED) is 0.297. The van der Waals surface area contributed by atoms with Crippen LogP contribution in [-0.4, -0.2) is 66.1 Å². The number of carbonyl (C=O) groups is 2. The summed E-state index contributed by atoms with van der Waals surface area (Å²) in [7, 11) is 0. The van der Waals surface area contributed by atoms with E-state index >= 15 is 0 Å². The number of nitrogens with zero attached hydrogens (tertiary/aromatic N) is 3. The van der Waals surface area contributed by atoms with Gasteiger partial charge < -0.3 is 14.7 Å². The largest absolute Gasteiger partial charge is 0.508 e. The lowest BCUT2D eigenvalue weighted by Crippen LogP contribution is -2.49. The third-order valence-corrected chi connectivity index (χ3v) is 4.88. The van der Waals surface area contributed by atoms with Crippen molar-refractivity contribution < 1.29 is 19.4 Å². The van der Waals surface area contributed by atoms with Gasteiger partial charge in [-0.15, -0.1) is 0 Å². The molecule has 1 fully saturated rings. The molecule has 1 N–H and O–H groups in total. The molecule has 0 unspecified atom stereocenters. The second-order valence-electron chi connectivity index (χ2n) is 7.01. The molecule has 1 saturated heterocycles. The van der Waals surface area contributed by atoms with Gasteiger partial charge >= 0.3 is 5.97 Å². The van der Waals surface area contributed by atoms with E-state index in [1.54, 1.807) is 23.1 Å². The summed E-state index contributed by atoms with van der Waals surface area (Å²) < 4.78 is 4.92. The molecule has 0 radical (unpaired) electrons. The van der Waals surface area contributed by atoms with E-state index in [2.05, 4.69) is 4.90 Å². The summed E-state index contributed by atoms with van der Waals surface area (Å²) in [4.78, 5) is 28.0. The Morgan fingerprint density at radius 2 is 1.83 bits per heavy atom. The standard InChI is InChI=1S/C22H29N3O4/c1-2-29-21(27)6-4-3-5-11-24-12-14-25(15-13-24)22(28)19(17-23)16-18-7-9-20(26)10-8-18/h7-10,16,26H,2-6,11-15H2,1H3/b19-16+. The number of rotatable bonds is 9. The molecule has 1 aromatic carbocycles. The minimum atomic E-state index is -0.255. The molecule has 0 bridgehead atoms. The summed E-state index contributed by atoms with van der Waals surface area (Å²) >= 11 is 0. The SMILES string of the molecule is CCOC(=O)CCCCCN1CCN(C(=O)/C(C#N)=C/c2ccc(O)cc2)CC1. The van der Waals surface area contributed by atoms with E-state index in [9.17, 15) is 20.0 Å². The van der Waals surface area contributed by atoms with E-state index in [1.807, 2.05) is 13.0 Å². The molecule has 0 saturated carbocycles. The van der Waals surface area contributed by atoms with E-state index in [-0.39, 0.29) is 23.2 Å². The maximum Gasteiger partial charge on any atom is 0.305 e. The molecule has 1 aliphatic heterocycles. The van der Waals surface area contributed by atoms with Gasteiger partial charge in [-0.2, -0.15) is 5.26 Å². The third kappa shape index (κ3) is 7.59. The molecule has 156 valence electrons. The van der Waals surface area contributed by atoms with Crippen molar-refractivity contribution in [2.45, 2.75) is 32.6 Å². The van der Waals surface area contributed by atoms with Crippen LogP contribution in [0.5, 0.6) is 5.75 Å². The summed E-state index contributed by atoms with van der Waals surface area (Å²) in [6.45, 7) is 5.93. The molecule has 2 rings (SSSR count). The number of ether oxygens (including phenoxy) is 1. The van der Waals surface area contributed by atoms with Gasteiger partial charge in [0, 0.05) is 32.6 Å². The second-order valence-corrected chi connectivity index (χ2v) is 7.01. The molecule has 1 amide bonds. The van der Waals surface area contributed by atoms with Crippen LogP contribution in [-0.2, 0) is 14.3 Å². The Kier molecular flexibility index (Phi) is 9.19. The van der Waals surface area contributed by atoms with Crippen molar-refractivity contribution in [3.05, 3.63) is 35.4 Å². The van der Waals surface area contributed by atoms with Crippen LogP contribution in [0.2, 0.25) is 0 Å². The molecule has 0 aromatic heterocycles. The van der Waals surface area contributed by atoms with Gasteiger partial charge in [-0.25, -0.2) is 0 Å². The number of phenols is 1. The smallest absolute Gasteiger partial charge is 0.305 e. The van der Waals surface area contributed by atoms with Gasteiger partial charge in [-0.1, -0.05) is 18.6 Å². The molecule has 1 aliphatic rings. The molecule has 0 aliphatic carbocycles. The van der Waals surface area contributed by atoms with Crippen molar-refractivity contribution in [2.75, 3.05) is 39.3 Å². The second kappa shape index (κ2) is 11.9. The highest BCUT2D eigenvalue weighted by Crippen LogP contribution is 2.15. The number of piperazine rings is 1. The zero-order valence-corrected chi connectivity index (χ0v) is 17.0. The first-order valence-corrected chi connectivity index (χ1v) is 10.1. The number of carbonyl (C=O) groups excluding carboxylic acids is 2. The van der Waals surface area contributed by atoms with Gasteiger partial charge in [-0.3, -0.25) is 14.5 Å². The Balaban J connectivity index is 1.73. The highest BCUT2D eigenvalue weighted by atomic mass is 16.5. The highest BCUT2D eigenvalue weighted by molar-refractivity contribution is 6.01. The summed E-state index contributed by atoms with van der Waals surface area (Å²) in [5.41, 5.74) is 0.803. The summed E-state index contributed by atoms with van der Waals surface area (Å²) in [6, 6.07) is 8.38. The first-order chi connectivity index (χ1) is 14.0. The molecule has 7 nitrogen and oxygen atoms in total. The van der Waals surface area contributed by atoms with Crippen LogP contribution in [0, 0.1) is 11.3 Å². The van der Waals surface area contributed by atoms with Crippen LogP contribution in [0.1, 0.15) is 38.2 Å². The minimum absolute atomic E-state index is 0.100. The molecule has 1 heterocycles. The van der Waals surface area contributed by atoms with Crippen molar-refractivity contribution in [3.63, 3.8) is 0 Å². The molecule has 0 atom stereocenters. The van der Waals surface area contributed by atoms with E-state index in [4.69, 9.17) is 4.74 Å². The number of esters is 1. The fourth-order valence-corrected chi connectivity index (χ4v) is 3.24. The third-order valence-electron chi connectivity index (χ3n) is 4.88. The van der Waals surface area contributed by atoms with E-state index < -0.39 is 0 Å². The van der Waals surface area contributed by atoms with Crippen LogP contribution >= 0.6 is 0 Å². The van der Waals surface area contributed by atoms with E-state index in [0.717, 1.165) is 38.9 Å². The monoisotopic (exact) mass is 399 g/mol. The topological polar surface area (TPSA) is 93.9 Å². The predicted octanol–water partition coefficient (Wildman–Crippen LogP) is 2.57. The number of benzene rings is 1. The molecular formula is C22H29N3O4. The van der Waals surface area contributed by atoms with Gasteiger partial charge in [0.15, 0.2) is 0 Å². The van der Waals surface area contributed by atoms with Gasteiger partial charge in [0.1, 0.15) is 17.4 Å². The van der Waals surface area contributed by atoms with Crippen LogP contribution in [0.3, 0.4) is 0 Å². The Morgan fingerprint density at radius 1 is 1.14 bits per heavy atom. The fraction of sp³-hybridized carbons (Fsp3) is 0.500. The number of hydrogen-bond donors (Lipinski definition) is 1. The van der Waals surface area contributed by atoms with Gasteiger partial charge in [0.05, 0.1) is 6.61 Å².